The van der Waals surface area contributed by atoms with E-state index < -0.39 is 0 Å². The highest BCUT2D eigenvalue weighted by molar-refractivity contribution is 5.77. The van der Waals surface area contributed by atoms with Crippen LogP contribution in [0.4, 0.5) is 0 Å². The highest BCUT2D eigenvalue weighted by Crippen LogP contribution is 2.21. The first kappa shape index (κ1) is 15.5. The van der Waals surface area contributed by atoms with Gasteiger partial charge in [-0.15, -0.1) is 0 Å². The summed E-state index contributed by atoms with van der Waals surface area (Å²) < 4.78 is 5.59. The molecule has 1 atom stereocenters. The molecule has 1 aromatic carbocycles. The molecule has 19 heavy (non-hydrogen) atoms. The first-order chi connectivity index (χ1) is 9.04. The molecule has 0 spiro atoms. The average molecular weight is 264 g/mol. The summed E-state index contributed by atoms with van der Waals surface area (Å²) in [6, 6.07) is 6.21. The van der Waals surface area contributed by atoms with Crippen LogP contribution in [0.25, 0.3) is 0 Å². The molecule has 106 valence electrons. The Kier molecular flexibility index (Phi) is 6.36. The quantitative estimate of drug-likeness (QED) is 0.789. The zero-order valence-corrected chi connectivity index (χ0v) is 12.2. The molecule has 0 heterocycles. The van der Waals surface area contributed by atoms with Crippen LogP contribution in [-0.2, 0) is 4.79 Å². The van der Waals surface area contributed by atoms with Crippen molar-refractivity contribution in [2.24, 2.45) is 0 Å². The highest BCUT2D eigenvalue weighted by Gasteiger charge is 2.08. The van der Waals surface area contributed by atoms with E-state index in [-0.39, 0.29) is 18.6 Å². The smallest absolute Gasteiger partial charge is 0.257 e. The molecule has 1 rings (SSSR count). The van der Waals surface area contributed by atoms with Crippen LogP contribution in [0.3, 0.4) is 0 Å². The summed E-state index contributed by atoms with van der Waals surface area (Å²) >= 11 is 0. The van der Waals surface area contributed by atoms with Crippen molar-refractivity contribution in [2.75, 3.05) is 19.7 Å². The van der Waals surface area contributed by atoms with Crippen molar-refractivity contribution >= 4 is 5.91 Å². The van der Waals surface area contributed by atoms with Crippen molar-refractivity contribution in [2.45, 2.75) is 33.7 Å². The van der Waals surface area contributed by atoms with Crippen molar-refractivity contribution in [3.05, 3.63) is 29.3 Å². The van der Waals surface area contributed by atoms with Gasteiger partial charge >= 0.3 is 0 Å². The van der Waals surface area contributed by atoms with Crippen molar-refractivity contribution < 1.29 is 9.53 Å². The lowest BCUT2D eigenvalue weighted by molar-refractivity contribution is -0.123. The van der Waals surface area contributed by atoms with Gasteiger partial charge in [0.15, 0.2) is 6.61 Å². The second-order valence-corrected chi connectivity index (χ2v) is 4.77. The Morgan fingerprint density at radius 3 is 2.53 bits per heavy atom. The molecule has 0 aliphatic carbocycles. The van der Waals surface area contributed by atoms with E-state index in [0.717, 1.165) is 23.4 Å². The largest absolute Gasteiger partial charge is 0.483 e. The lowest BCUT2D eigenvalue weighted by atomic mass is 10.1. The molecule has 0 aromatic heterocycles. The standard InChI is InChI=1S/C15H24N2O2/c1-5-16-13(4)9-17-14(18)10-19-15-11(2)7-6-8-12(15)3/h6-8,13,16H,5,9-10H2,1-4H3,(H,17,18)/t13-/m1/s1. The van der Waals surface area contributed by atoms with Crippen LogP contribution in [0, 0.1) is 13.8 Å². The van der Waals surface area contributed by atoms with E-state index in [2.05, 4.69) is 10.6 Å². The molecule has 0 saturated heterocycles. The number of para-hydroxylation sites is 1. The molecule has 0 aliphatic heterocycles. The Bertz CT molecular complexity index is 398. The highest BCUT2D eigenvalue weighted by atomic mass is 16.5. The number of aryl methyl sites for hydroxylation is 2. The van der Waals surface area contributed by atoms with Gasteiger partial charge in [-0.1, -0.05) is 25.1 Å². The third kappa shape index (κ3) is 5.30. The van der Waals surface area contributed by atoms with Gasteiger partial charge in [-0.3, -0.25) is 4.79 Å². The maximum atomic E-state index is 11.7. The topological polar surface area (TPSA) is 50.4 Å². The van der Waals surface area contributed by atoms with Gasteiger partial charge in [0.05, 0.1) is 0 Å². The maximum absolute atomic E-state index is 11.7. The fourth-order valence-corrected chi connectivity index (χ4v) is 1.90. The number of hydrogen-bond donors (Lipinski definition) is 2. The number of carbonyl (C=O) groups excluding carboxylic acids is 1. The van der Waals surface area contributed by atoms with Crippen molar-refractivity contribution in [3.63, 3.8) is 0 Å². The number of nitrogens with one attached hydrogen (secondary N) is 2. The summed E-state index contributed by atoms with van der Waals surface area (Å²) in [7, 11) is 0. The molecule has 1 amide bonds. The number of benzene rings is 1. The molecule has 0 bridgehead atoms. The summed E-state index contributed by atoms with van der Waals surface area (Å²) in [5.41, 5.74) is 2.10. The minimum absolute atomic E-state index is 0.0601. The van der Waals surface area contributed by atoms with Crippen LogP contribution in [0.5, 0.6) is 5.75 Å². The Labute approximate surface area is 115 Å². The zero-order valence-electron chi connectivity index (χ0n) is 12.2. The summed E-state index contributed by atoms with van der Waals surface area (Å²) in [5.74, 6) is 0.713. The number of rotatable bonds is 7. The first-order valence-electron chi connectivity index (χ1n) is 6.73. The third-order valence-electron chi connectivity index (χ3n) is 2.91. The molecule has 4 nitrogen and oxygen atoms in total. The summed E-state index contributed by atoms with van der Waals surface area (Å²) in [6.07, 6.45) is 0. The molecule has 2 N–H and O–H groups in total. The van der Waals surface area contributed by atoms with Crippen LogP contribution in [-0.4, -0.2) is 31.6 Å². The van der Waals surface area contributed by atoms with Gasteiger partial charge in [0.2, 0.25) is 0 Å². The van der Waals surface area contributed by atoms with E-state index in [1.165, 1.54) is 0 Å². The molecular weight excluding hydrogens is 240 g/mol. The second-order valence-electron chi connectivity index (χ2n) is 4.77. The Morgan fingerprint density at radius 2 is 1.95 bits per heavy atom. The van der Waals surface area contributed by atoms with Gasteiger partial charge in [-0.2, -0.15) is 0 Å². The van der Waals surface area contributed by atoms with Gasteiger partial charge in [-0.05, 0) is 38.4 Å². The number of likely N-dealkylation sites (N-methyl/N-ethyl adjacent to an activating group) is 1. The van der Waals surface area contributed by atoms with Crippen molar-refractivity contribution in [1.82, 2.24) is 10.6 Å². The fourth-order valence-electron chi connectivity index (χ4n) is 1.90. The molecule has 0 aliphatic rings. The van der Waals surface area contributed by atoms with Crippen LogP contribution < -0.4 is 15.4 Å². The van der Waals surface area contributed by atoms with Gasteiger partial charge < -0.3 is 15.4 Å². The zero-order chi connectivity index (χ0) is 14.3. The Balaban J connectivity index is 2.38. The van der Waals surface area contributed by atoms with E-state index in [0.29, 0.717) is 6.54 Å². The number of ether oxygens (including phenoxy) is 1. The number of carbonyl (C=O) groups is 1. The lowest BCUT2D eigenvalue weighted by Crippen LogP contribution is -2.40. The van der Waals surface area contributed by atoms with Gasteiger partial charge in [-0.25, -0.2) is 0 Å². The summed E-state index contributed by atoms with van der Waals surface area (Å²) in [5, 5.41) is 6.09. The molecule has 0 radical (unpaired) electrons. The number of hydrogen-bond acceptors (Lipinski definition) is 3. The van der Waals surface area contributed by atoms with Crippen LogP contribution in [0.1, 0.15) is 25.0 Å². The van der Waals surface area contributed by atoms with Crippen LogP contribution >= 0.6 is 0 Å². The summed E-state index contributed by atoms with van der Waals surface area (Å²) in [6.45, 7) is 9.61. The normalized spacial score (nSPS) is 12.0. The molecule has 0 fully saturated rings. The van der Waals surface area contributed by atoms with Crippen molar-refractivity contribution in [1.29, 1.82) is 0 Å². The molecule has 0 unspecified atom stereocenters. The Hall–Kier alpha value is -1.55. The molecular formula is C15H24N2O2. The lowest BCUT2D eigenvalue weighted by Gasteiger charge is -2.14. The minimum Gasteiger partial charge on any atom is -0.483 e. The number of amides is 1. The van der Waals surface area contributed by atoms with Gasteiger partial charge in [0, 0.05) is 12.6 Å². The molecule has 1 aromatic rings. The molecule has 0 saturated carbocycles. The van der Waals surface area contributed by atoms with Crippen molar-refractivity contribution in [3.8, 4) is 5.75 Å². The Morgan fingerprint density at radius 1 is 1.32 bits per heavy atom. The monoisotopic (exact) mass is 264 g/mol. The van der Waals surface area contributed by atoms with E-state index in [9.17, 15) is 4.79 Å². The molecule has 4 heteroatoms. The van der Waals surface area contributed by atoms with Crippen LogP contribution in [0.15, 0.2) is 18.2 Å². The second kappa shape index (κ2) is 7.79. The van der Waals surface area contributed by atoms with Gasteiger partial charge in [0.25, 0.3) is 5.91 Å². The van der Waals surface area contributed by atoms with E-state index >= 15 is 0 Å². The summed E-state index contributed by atoms with van der Waals surface area (Å²) in [4.78, 5) is 11.7. The fraction of sp³-hybridized carbons (Fsp3) is 0.533. The van der Waals surface area contributed by atoms with E-state index in [4.69, 9.17) is 4.74 Å². The minimum atomic E-state index is -0.0904. The maximum Gasteiger partial charge on any atom is 0.257 e. The first-order valence-corrected chi connectivity index (χ1v) is 6.73. The van der Waals surface area contributed by atoms with Crippen LogP contribution in [0.2, 0.25) is 0 Å². The van der Waals surface area contributed by atoms with E-state index in [1.807, 2.05) is 45.9 Å². The van der Waals surface area contributed by atoms with Gasteiger partial charge in [0.1, 0.15) is 5.75 Å². The average Bonchev–Trinajstić information content (AvgIpc) is 2.36. The third-order valence-corrected chi connectivity index (χ3v) is 2.91. The van der Waals surface area contributed by atoms with E-state index in [1.54, 1.807) is 0 Å². The predicted octanol–water partition coefficient (Wildman–Crippen LogP) is 1.80. The predicted molar refractivity (Wildman–Crippen MR) is 77.6 cm³/mol. The SMILES string of the molecule is CCN[C@H](C)CNC(=O)COc1c(C)cccc1C.